The van der Waals surface area contributed by atoms with Gasteiger partial charge in [0.25, 0.3) is 5.91 Å². The number of fused-ring (bicyclic) bond motifs is 1. The van der Waals surface area contributed by atoms with Gasteiger partial charge in [0.05, 0.1) is 13.7 Å². The van der Waals surface area contributed by atoms with Gasteiger partial charge in [0, 0.05) is 24.0 Å². The number of rotatable bonds is 4. The van der Waals surface area contributed by atoms with Crippen LogP contribution in [0.15, 0.2) is 36.7 Å². The molecule has 8 nitrogen and oxygen atoms in total. The Balaban J connectivity index is 1.78. The van der Waals surface area contributed by atoms with E-state index in [0.29, 0.717) is 22.9 Å². The van der Waals surface area contributed by atoms with Gasteiger partial charge >= 0.3 is 0 Å². The van der Waals surface area contributed by atoms with Crippen molar-refractivity contribution in [3.8, 4) is 5.88 Å². The Morgan fingerprint density at radius 2 is 2.05 bits per heavy atom. The average Bonchev–Trinajstić information content (AvgIpc) is 2.95. The molecule has 1 N–H and O–H groups in total. The van der Waals surface area contributed by atoms with Gasteiger partial charge in [-0.3, -0.25) is 9.78 Å². The predicted molar refractivity (Wildman–Crippen MR) is 72.7 cm³/mol. The number of hydrogen-bond donors (Lipinski definition) is 1. The van der Waals surface area contributed by atoms with Crippen LogP contribution >= 0.6 is 0 Å². The molecule has 1 amide bonds. The zero-order valence-corrected chi connectivity index (χ0v) is 11.2. The summed E-state index contributed by atoms with van der Waals surface area (Å²) in [6.45, 7) is 0.211. The van der Waals surface area contributed by atoms with Gasteiger partial charge in [0.2, 0.25) is 5.88 Å². The molecule has 0 unspecified atom stereocenters. The number of nitrogens with one attached hydrogen (secondary N) is 1. The molecule has 0 saturated heterocycles. The third-order valence-corrected chi connectivity index (χ3v) is 2.86. The first-order valence-electron chi connectivity index (χ1n) is 6.21. The Kier molecular flexibility index (Phi) is 3.42. The maximum Gasteiger partial charge on any atom is 0.251 e. The summed E-state index contributed by atoms with van der Waals surface area (Å²) in [7, 11) is 1.53. The normalized spacial score (nSPS) is 10.5. The van der Waals surface area contributed by atoms with Crippen LogP contribution in [0.2, 0.25) is 0 Å². The van der Waals surface area contributed by atoms with Gasteiger partial charge in [0.15, 0.2) is 11.5 Å². The maximum absolute atomic E-state index is 12.0. The fraction of sp³-hybridized carbons (Fsp3) is 0.154. The van der Waals surface area contributed by atoms with Crippen LogP contribution < -0.4 is 10.1 Å². The fourth-order valence-electron chi connectivity index (χ4n) is 1.80. The highest BCUT2D eigenvalue weighted by Gasteiger charge is 2.10. The van der Waals surface area contributed by atoms with Crippen LogP contribution in [0.3, 0.4) is 0 Å². The van der Waals surface area contributed by atoms with Crippen molar-refractivity contribution in [2.75, 3.05) is 7.11 Å². The molecule has 3 aromatic rings. The first kappa shape index (κ1) is 13.0. The molecule has 8 heteroatoms. The lowest BCUT2D eigenvalue weighted by molar-refractivity contribution is 0.0949. The topological polar surface area (TPSA) is 94.3 Å². The van der Waals surface area contributed by atoms with Crippen molar-refractivity contribution in [3.63, 3.8) is 0 Å². The molecule has 3 heterocycles. The molecule has 0 aliphatic rings. The molecule has 0 aromatic carbocycles. The minimum absolute atomic E-state index is 0.211. The minimum Gasteiger partial charge on any atom is -0.480 e. The van der Waals surface area contributed by atoms with Crippen molar-refractivity contribution >= 4 is 11.6 Å². The Morgan fingerprint density at radius 1 is 1.24 bits per heavy atom. The monoisotopic (exact) mass is 284 g/mol. The van der Waals surface area contributed by atoms with Gasteiger partial charge in [-0.15, -0.1) is 15.3 Å². The molecular formula is C13H12N6O2. The van der Waals surface area contributed by atoms with Crippen molar-refractivity contribution in [3.05, 3.63) is 48.0 Å². The Hall–Kier alpha value is -3.03. The van der Waals surface area contributed by atoms with E-state index in [0.717, 1.165) is 0 Å². The Bertz CT molecular complexity index is 771. The molecule has 0 atom stereocenters. The van der Waals surface area contributed by atoms with Crippen LogP contribution in [0.25, 0.3) is 5.65 Å². The summed E-state index contributed by atoms with van der Waals surface area (Å²) in [4.78, 5) is 15.8. The van der Waals surface area contributed by atoms with Crippen molar-refractivity contribution in [2.24, 2.45) is 0 Å². The van der Waals surface area contributed by atoms with Crippen molar-refractivity contribution in [1.82, 2.24) is 30.1 Å². The highest BCUT2D eigenvalue weighted by molar-refractivity contribution is 5.93. The molecule has 21 heavy (non-hydrogen) atoms. The number of hydrogen-bond acceptors (Lipinski definition) is 6. The summed E-state index contributed by atoms with van der Waals surface area (Å²) in [5.74, 6) is 0.757. The van der Waals surface area contributed by atoms with Gasteiger partial charge in [-0.05, 0) is 18.2 Å². The smallest absolute Gasteiger partial charge is 0.251 e. The van der Waals surface area contributed by atoms with Crippen LogP contribution in [0.1, 0.15) is 16.2 Å². The second-order valence-corrected chi connectivity index (χ2v) is 4.18. The molecule has 0 bridgehead atoms. The summed E-state index contributed by atoms with van der Waals surface area (Å²) in [5, 5.41) is 15.0. The summed E-state index contributed by atoms with van der Waals surface area (Å²) < 4.78 is 6.59. The number of pyridine rings is 1. The first-order chi connectivity index (χ1) is 10.3. The van der Waals surface area contributed by atoms with Gasteiger partial charge in [-0.1, -0.05) is 0 Å². The number of methoxy groups -OCH3 is 1. The standard InChI is InChI=1S/C13H12N6O2/c1-21-12-3-2-10-16-17-11(19(10)18-12)8-15-13(20)9-4-6-14-7-5-9/h2-7H,8H2,1H3,(H,15,20). The number of carbonyl (C=O) groups excluding carboxylic acids is 1. The van der Waals surface area contributed by atoms with E-state index in [-0.39, 0.29) is 12.5 Å². The fourth-order valence-corrected chi connectivity index (χ4v) is 1.80. The molecule has 3 aromatic heterocycles. The van der Waals surface area contributed by atoms with Gasteiger partial charge in [-0.2, -0.15) is 4.52 Å². The van der Waals surface area contributed by atoms with Gasteiger partial charge in [0.1, 0.15) is 0 Å². The summed E-state index contributed by atoms with van der Waals surface area (Å²) in [6, 6.07) is 6.72. The lowest BCUT2D eigenvalue weighted by Crippen LogP contribution is -2.24. The second kappa shape index (κ2) is 5.53. The minimum atomic E-state index is -0.211. The van der Waals surface area contributed by atoms with Crippen molar-refractivity contribution in [2.45, 2.75) is 6.54 Å². The highest BCUT2D eigenvalue weighted by atomic mass is 16.5. The molecule has 0 aliphatic heterocycles. The summed E-state index contributed by atoms with van der Waals surface area (Å²) >= 11 is 0. The molecule has 0 saturated carbocycles. The lowest BCUT2D eigenvalue weighted by atomic mass is 10.2. The first-order valence-corrected chi connectivity index (χ1v) is 6.21. The number of ether oxygens (including phenoxy) is 1. The van der Waals surface area contributed by atoms with E-state index in [4.69, 9.17) is 4.74 Å². The molecule has 0 spiro atoms. The SMILES string of the molecule is COc1ccc2nnc(CNC(=O)c3ccncc3)n2n1. The molecule has 0 fully saturated rings. The van der Waals surface area contributed by atoms with E-state index >= 15 is 0 Å². The predicted octanol–water partition coefficient (Wildman–Crippen LogP) is 0.458. The zero-order valence-electron chi connectivity index (χ0n) is 11.2. The van der Waals surface area contributed by atoms with Crippen molar-refractivity contribution < 1.29 is 9.53 Å². The van der Waals surface area contributed by atoms with E-state index in [2.05, 4.69) is 25.6 Å². The average molecular weight is 284 g/mol. The van der Waals surface area contributed by atoms with Crippen LogP contribution in [-0.2, 0) is 6.54 Å². The molecular weight excluding hydrogens is 272 g/mol. The van der Waals surface area contributed by atoms with Crippen LogP contribution in [0.5, 0.6) is 5.88 Å². The Morgan fingerprint density at radius 3 is 2.81 bits per heavy atom. The number of aromatic nitrogens is 5. The molecule has 106 valence electrons. The van der Waals surface area contributed by atoms with E-state index in [9.17, 15) is 4.79 Å². The number of carbonyl (C=O) groups is 1. The van der Waals surface area contributed by atoms with E-state index in [1.54, 1.807) is 36.7 Å². The van der Waals surface area contributed by atoms with E-state index < -0.39 is 0 Å². The molecule has 0 radical (unpaired) electrons. The van der Waals surface area contributed by atoms with Crippen LogP contribution in [-0.4, -0.2) is 37.8 Å². The van der Waals surface area contributed by atoms with Gasteiger partial charge < -0.3 is 10.1 Å². The molecule has 3 rings (SSSR count). The summed E-state index contributed by atoms with van der Waals surface area (Å²) in [5.41, 5.74) is 1.12. The Labute approximate surface area is 119 Å². The lowest BCUT2D eigenvalue weighted by Gasteiger charge is -2.04. The number of nitrogens with zero attached hydrogens (tertiary/aromatic N) is 5. The molecule has 0 aliphatic carbocycles. The zero-order chi connectivity index (χ0) is 14.7. The summed E-state index contributed by atoms with van der Waals surface area (Å²) in [6.07, 6.45) is 3.13. The maximum atomic E-state index is 12.0. The van der Waals surface area contributed by atoms with Crippen molar-refractivity contribution in [1.29, 1.82) is 0 Å². The third kappa shape index (κ3) is 2.64. The third-order valence-electron chi connectivity index (χ3n) is 2.86. The van der Waals surface area contributed by atoms with E-state index in [1.807, 2.05) is 0 Å². The highest BCUT2D eigenvalue weighted by Crippen LogP contribution is 2.08. The van der Waals surface area contributed by atoms with Gasteiger partial charge in [-0.25, -0.2) is 0 Å². The number of amides is 1. The van der Waals surface area contributed by atoms with Crippen LogP contribution in [0, 0.1) is 0 Å². The quantitative estimate of drug-likeness (QED) is 0.748. The second-order valence-electron chi connectivity index (χ2n) is 4.18. The van der Waals surface area contributed by atoms with E-state index in [1.165, 1.54) is 11.6 Å². The largest absolute Gasteiger partial charge is 0.480 e. The van der Waals surface area contributed by atoms with Crippen LogP contribution in [0.4, 0.5) is 0 Å².